The van der Waals surface area contributed by atoms with Gasteiger partial charge in [0.25, 0.3) is 11.8 Å². The van der Waals surface area contributed by atoms with Crippen LogP contribution in [0.1, 0.15) is 98.2 Å². The largest absolute Gasteiger partial charge is 0.350 e. The molecule has 3 aromatic rings. The van der Waals surface area contributed by atoms with Gasteiger partial charge in [-0.2, -0.15) is 0 Å². The summed E-state index contributed by atoms with van der Waals surface area (Å²) in [6.45, 7) is 15.6. The quantitative estimate of drug-likeness (QED) is 0.140. The van der Waals surface area contributed by atoms with Gasteiger partial charge < -0.3 is 20.9 Å². The van der Waals surface area contributed by atoms with Crippen molar-refractivity contribution in [3.63, 3.8) is 0 Å². The van der Waals surface area contributed by atoms with Crippen LogP contribution in [0.4, 0.5) is 0 Å². The molecule has 0 aliphatic carbocycles. The Labute approximate surface area is 293 Å². The fourth-order valence-corrected chi connectivity index (χ4v) is 6.12. The summed E-state index contributed by atoms with van der Waals surface area (Å²) >= 11 is 0. The van der Waals surface area contributed by atoms with Crippen molar-refractivity contribution in [3.05, 3.63) is 107 Å². The van der Waals surface area contributed by atoms with Crippen LogP contribution in [0, 0.1) is 24.7 Å². The van der Waals surface area contributed by atoms with Crippen LogP contribution < -0.4 is 16.0 Å². The van der Waals surface area contributed by atoms with Gasteiger partial charge in [-0.25, -0.2) is 0 Å². The molecule has 0 aromatic heterocycles. The molecule has 0 radical (unpaired) electrons. The normalized spacial score (nSPS) is 13.6. The average Bonchev–Trinajstić information content (AvgIpc) is 3.09. The summed E-state index contributed by atoms with van der Waals surface area (Å²) in [4.78, 5) is 55.4. The maximum absolute atomic E-state index is 13.7. The molecule has 0 aliphatic heterocycles. The monoisotopic (exact) mass is 668 g/mol. The van der Waals surface area contributed by atoms with E-state index in [0.29, 0.717) is 43.6 Å². The highest BCUT2D eigenvalue weighted by atomic mass is 16.2. The minimum absolute atomic E-state index is 0.0729. The fourth-order valence-electron chi connectivity index (χ4n) is 6.12. The number of benzene rings is 3. The van der Waals surface area contributed by atoms with Crippen molar-refractivity contribution in [1.29, 1.82) is 0 Å². The van der Waals surface area contributed by atoms with Gasteiger partial charge in [0.2, 0.25) is 11.8 Å². The van der Waals surface area contributed by atoms with Gasteiger partial charge in [-0.15, -0.1) is 0 Å². The molecule has 264 valence electrons. The molecule has 8 nitrogen and oxygen atoms in total. The first-order valence-electron chi connectivity index (χ1n) is 17.8. The third-order valence-electron chi connectivity index (χ3n) is 8.92. The number of nitrogens with one attached hydrogen (secondary N) is 3. The standard InChI is InChI=1S/C41H56N4O4/c1-8-21-45(22-9-2)41(49)35-20-14-19-34(26-35)39(47)43-36(25-33-18-13-15-29(5)23-33)30(6)24-31(7)38(46)44-37(28(3)4)40(48)42-27-32-16-11-10-12-17-32/h10-20,23,26,28,30-31,36-37H,8-9,21-22,24-25,27H2,1-7H3,(H,42,48)(H,43,47)(H,44,46)/t30-,31+,36-,37-/m0/s1. The zero-order valence-electron chi connectivity index (χ0n) is 30.4. The van der Waals surface area contributed by atoms with Gasteiger partial charge in [0.15, 0.2) is 0 Å². The predicted molar refractivity (Wildman–Crippen MR) is 197 cm³/mol. The summed E-state index contributed by atoms with van der Waals surface area (Å²) in [5.41, 5.74) is 4.12. The Kier molecular flexibility index (Phi) is 15.5. The molecule has 49 heavy (non-hydrogen) atoms. The highest BCUT2D eigenvalue weighted by Crippen LogP contribution is 2.21. The summed E-state index contributed by atoms with van der Waals surface area (Å²) < 4.78 is 0. The van der Waals surface area contributed by atoms with Crippen LogP contribution in [0.2, 0.25) is 0 Å². The topological polar surface area (TPSA) is 108 Å². The molecule has 4 amide bonds. The number of carbonyl (C=O) groups is 4. The van der Waals surface area contributed by atoms with E-state index in [1.165, 1.54) is 0 Å². The van der Waals surface area contributed by atoms with Crippen LogP contribution in [-0.4, -0.2) is 53.7 Å². The van der Waals surface area contributed by atoms with Gasteiger partial charge in [0.1, 0.15) is 6.04 Å². The second kappa shape index (κ2) is 19.5. The van der Waals surface area contributed by atoms with E-state index < -0.39 is 12.0 Å². The van der Waals surface area contributed by atoms with E-state index in [9.17, 15) is 19.2 Å². The first-order chi connectivity index (χ1) is 23.4. The zero-order valence-corrected chi connectivity index (χ0v) is 30.4. The molecule has 0 saturated carbocycles. The van der Waals surface area contributed by atoms with Crippen molar-refractivity contribution in [3.8, 4) is 0 Å². The highest BCUT2D eigenvalue weighted by molar-refractivity contribution is 5.99. The summed E-state index contributed by atoms with van der Waals surface area (Å²) in [6.07, 6.45) is 2.81. The molecule has 3 aromatic carbocycles. The smallest absolute Gasteiger partial charge is 0.253 e. The van der Waals surface area contributed by atoms with Crippen molar-refractivity contribution in [2.45, 2.75) is 92.8 Å². The van der Waals surface area contributed by atoms with Crippen molar-refractivity contribution in [1.82, 2.24) is 20.9 Å². The Morgan fingerprint density at radius 2 is 1.35 bits per heavy atom. The Bertz CT molecular complexity index is 1520. The molecule has 3 N–H and O–H groups in total. The molecule has 0 bridgehead atoms. The zero-order chi connectivity index (χ0) is 35.9. The van der Waals surface area contributed by atoms with Crippen LogP contribution in [0.15, 0.2) is 78.9 Å². The van der Waals surface area contributed by atoms with Crippen molar-refractivity contribution in [2.24, 2.45) is 17.8 Å². The first kappa shape index (κ1) is 39.0. The van der Waals surface area contributed by atoms with Crippen molar-refractivity contribution < 1.29 is 19.2 Å². The number of hydrogen-bond donors (Lipinski definition) is 3. The Morgan fingerprint density at radius 1 is 0.714 bits per heavy atom. The minimum atomic E-state index is -0.669. The third-order valence-corrected chi connectivity index (χ3v) is 8.92. The van der Waals surface area contributed by atoms with Crippen LogP contribution >= 0.6 is 0 Å². The summed E-state index contributed by atoms with van der Waals surface area (Å²) in [7, 11) is 0. The first-order valence-corrected chi connectivity index (χ1v) is 17.8. The second-order valence-corrected chi connectivity index (χ2v) is 13.7. The van der Waals surface area contributed by atoms with Gasteiger partial charge in [0, 0.05) is 42.7 Å². The van der Waals surface area contributed by atoms with Crippen molar-refractivity contribution >= 4 is 23.6 Å². The lowest BCUT2D eigenvalue weighted by molar-refractivity contribution is -0.132. The molecule has 0 unspecified atom stereocenters. The van der Waals surface area contributed by atoms with Gasteiger partial charge in [-0.05, 0) is 73.8 Å². The van der Waals surface area contributed by atoms with Gasteiger partial charge in [-0.3, -0.25) is 19.2 Å². The lowest BCUT2D eigenvalue weighted by Gasteiger charge is -2.29. The Balaban J connectivity index is 1.74. The molecule has 8 heteroatoms. The van der Waals surface area contributed by atoms with E-state index in [2.05, 4.69) is 22.0 Å². The molecular formula is C41H56N4O4. The summed E-state index contributed by atoms with van der Waals surface area (Å²) in [5, 5.41) is 9.19. The van der Waals surface area contributed by atoms with E-state index in [-0.39, 0.29) is 41.5 Å². The van der Waals surface area contributed by atoms with Crippen LogP contribution in [0.25, 0.3) is 0 Å². The van der Waals surface area contributed by atoms with E-state index in [0.717, 1.165) is 29.5 Å². The third kappa shape index (κ3) is 12.2. The van der Waals surface area contributed by atoms with Gasteiger partial charge in [-0.1, -0.05) is 108 Å². The molecule has 0 aliphatic rings. The lowest BCUT2D eigenvalue weighted by Crippen LogP contribution is -2.51. The number of rotatable bonds is 18. The molecule has 4 atom stereocenters. The molecular weight excluding hydrogens is 612 g/mol. The number of hydrogen-bond acceptors (Lipinski definition) is 4. The van der Waals surface area contributed by atoms with E-state index in [1.54, 1.807) is 24.3 Å². The number of carbonyl (C=O) groups excluding carboxylic acids is 4. The second-order valence-electron chi connectivity index (χ2n) is 13.7. The molecule has 0 heterocycles. The van der Waals surface area contributed by atoms with Gasteiger partial charge >= 0.3 is 0 Å². The Morgan fingerprint density at radius 3 is 1.98 bits per heavy atom. The maximum atomic E-state index is 13.7. The number of amides is 4. The van der Waals surface area contributed by atoms with Gasteiger partial charge in [0.05, 0.1) is 0 Å². The highest BCUT2D eigenvalue weighted by Gasteiger charge is 2.29. The Hall–Kier alpha value is -4.46. The van der Waals surface area contributed by atoms with Crippen LogP contribution in [0.5, 0.6) is 0 Å². The summed E-state index contributed by atoms with van der Waals surface area (Å²) in [6, 6.07) is 23.8. The van der Waals surface area contributed by atoms with E-state index >= 15 is 0 Å². The number of nitrogens with zero attached hydrogens (tertiary/aromatic N) is 1. The van der Waals surface area contributed by atoms with E-state index in [4.69, 9.17) is 0 Å². The molecule has 0 fully saturated rings. The van der Waals surface area contributed by atoms with Crippen molar-refractivity contribution in [2.75, 3.05) is 13.1 Å². The molecule has 0 saturated heterocycles. The van der Waals surface area contributed by atoms with Crippen LogP contribution in [0.3, 0.4) is 0 Å². The molecule has 3 rings (SSSR count). The summed E-state index contributed by atoms with van der Waals surface area (Å²) in [5.74, 6) is -1.33. The lowest BCUT2D eigenvalue weighted by atomic mass is 9.86. The SMILES string of the molecule is CCCN(CCC)C(=O)c1cccc(C(=O)N[C@@H](Cc2cccc(C)c2)[C@@H](C)C[C@@H](C)C(=O)N[C@H](C(=O)NCc2ccccc2)C(C)C)c1. The van der Waals surface area contributed by atoms with E-state index in [1.807, 2.05) is 102 Å². The maximum Gasteiger partial charge on any atom is 0.253 e. The average molecular weight is 669 g/mol. The van der Waals surface area contributed by atoms with Crippen LogP contribution in [-0.2, 0) is 22.6 Å². The molecule has 0 spiro atoms. The fraction of sp³-hybridized carbons (Fsp3) is 0.463. The predicted octanol–water partition coefficient (Wildman–Crippen LogP) is 6.72. The number of aryl methyl sites for hydroxylation is 1. The minimum Gasteiger partial charge on any atom is -0.350 e.